The number of halogens is 3. The number of nitrogens with one attached hydrogen (secondary N) is 1. The summed E-state index contributed by atoms with van der Waals surface area (Å²) in [6.45, 7) is 4.05. The minimum absolute atomic E-state index is 0.138. The molecule has 1 fully saturated rings. The maximum absolute atomic E-state index is 13.2. The van der Waals surface area contributed by atoms with Gasteiger partial charge >= 0.3 is 6.18 Å². The number of carbonyl (C=O) groups excluding carboxylic acids is 1. The second-order valence-electron chi connectivity index (χ2n) is 7.30. The molecule has 0 spiro atoms. The van der Waals surface area contributed by atoms with E-state index in [1.165, 1.54) is 12.1 Å². The third kappa shape index (κ3) is 3.73. The van der Waals surface area contributed by atoms with E-state index in [0.717, 1.165) is 11.8 Å². The number of amides is 1. The van der Waals surface area contributed by atoms with Gasteiger partial charge in [0.2, 0.25) is 11.9 Å². The first-order valence-electron chi connectivity index (χ1n) is 9.65. The molecule has 1 amide bonds. The standard InChI is InChI=1S/C20H22F3N5O/c1-2-24-18(29)15-11-13-10-14(20(21,22)23)4-5-16(13)28-9-8-27(12-17(15)28)19-25-6-3-7-26-19/h3-7,10,15,17H,2,8-9,11-12H2,1H3,(H,24,29)/t15-,17+/m1/s1. The van der Waals surface area contributed by atoms with E-state index in [4.69, 9.17) is 0 Å². The summed E-state index contributed by atoms with van der Waals surface area (Å²) >= 11 is 0. The van der Waals surface area contributed by atoms with Gasteiger partial charge in [-0.15, -0.1) is 0 Å². The summed E-state index contributed by atoms with van der Waals surface area (Å²) in [5.41, 5.74) is 0.662. The fourth-order valence-electron chi connectivity index (χ4n) is 4.24. The summed E-state index contributed by atoms with van der Waals surface area (Å²) in [5.74, 6) is 0.0128. The third-order valence-corrected chi connectivity index (χ3v) is 5.56. The normalized spacial score (nSPS) is 21.4. The average Bonchev–Trinajstić information content (AvgIpc) is 2.72. The molecule has 3 heterocycles. The maximum Gasteiger partial charge on any atom is 0.416 e. The van der Waals surface area contributed by atoms with Crippen LogP contribution in [0.3, 0.4) is 0 Å². The number of aromatic nitrogens is 2. The highest BCUT2D eigenvalue weighted by Crippen LogP contribution is 2.40. The number of hydrogen-bond acceptors (Lipinski definition) is 5. The summed E-state index contributed by atoms with van der Waals surface area (Å²) in [4.78, 5) is 25.5. The monoisotopic (exact) mass is 405 g/mol. The molecule has 1 saturated heterocycles. The van der Waals surface area contributed by atoms with Gasteiger partial charge in [0.25, 0.3) is 0 Å². The predicted molar refractivity (Wildman–Crippen MR) is 103 cm³/mol. The SMILES string of the molecule is CCNC(=O)[C@@H]1Cc2cc(C(F)(F)F)ccc2N2CCN(c3ncccn3)C[C@@H]12. The minimum Gasteiger partial charge on any atom is -0.364 e. The van der Waals surface area contributed by atoms with Gasteiger partial charge in [-0.3, -0.25) is 4.79 Å². The van der Waals surface area contributed by atoms with Gasteiger partial charge in [0.1, 0.15) is 0 Å². The summed E-state index contributed by atoms with van der Waals surface area (Å²) in [5, 5.41) is 2.84. The van der Waals surface area contributed by atoms with Gasteiger partial charge in [-0.1, -0.05) is 0 Å². The van der Waals surface area contributed by atoms with Crippen molar-refractivity contribution in [1.82, 2.24) is 15.3 Å². The van der Waals surface area contributed by atoms with Gasteiger partial charge in [-0.05, 0) is 43.2 Å². The Bertz CT molecular complexity index is 889. The van der Waals surface area contributed by atoms with Gasteiger partial charge in [-0.25, -0.2) is 9.97 Å². The van der Waals surface area contributed by atoms with Crippen LogP contribution in [0.4, 0.5) is 24.8 Å². The molecule has 2 aromatic rings. The van der Waals surface area contributed by atoms with Gasteiger partial charge in [0.15, 0.2) is 0 Å². The van der Waals surface area contributed by atoms with E-state index in [1.54, 1.807) is 18.5 Å². The summed E-state index contributed by atoms with van der Waals surface area (Å²) in [6.07, 6.45) is -0.790. The van der Waals surface area contributed by atoms with Crippen molar-refractivity contribution in [2.45, 2.75) is 25.6 Å². The number of nitrogens with zero attached hydrogens (tertiary/aromatic N) is 4. The lowest BCUT2D eigenvalue weighted by Gasteiger charge is -2.49. The highest BCUT2D eigenvalue weighted by atomic mass is 19.4. The molecular weight excluding hydrogens is 383 g/mol. The number of benzene rings is 1. The summed E-state index contributed by atoms with van der Waals surface area (Å²) < 4.78 is 39.6. The number of anilines is 2. The third-order valence-electron chi connectivity index (χ3n) is 5.56. The van der Waals surface area contributed by atoms with Crippen LogP contribution in [0.2, 0.25) is 0 Å². The van der Waals surface area contributed by atoms with Crippen LogP contribution in [0.25, 0.3) is 0 Å². The molecule has 0 saturated carbocycles. The van der Waals surface area contributed by atoms with Gasteiger partial charge in [0.05, 0.1) is 17.5 Å². The van der Waals surface area contributed by atoms with E-state index >= 15 is 0 Å². The minimum atomic E-state index is -4.41. The Labute approximate surface area is 166 Å². The molecule has 154 valence electrons. The lowest BCUT2D eigenvalue weighted by Crippen LogP contribution is -2.61. The molecule has 9 heteroatoms. The molecule has 4 rings (SSSR count). The lowest BCUT2D eigenvalue weighted by atomic mass is 9.82. The molecule has 0 bridgehead atoms. The predicted octanol–water partition coefficient (Wildman–Crippen LogP) is 2.50. The Morgan fingerprint density at radius 3 is 2.69 bits per heavy atom. The second-order valence-corrected chi connectivity index (χ2v) is 7.30. The largest absolute Gasteiger partial charge is 0.416 e. The zero-order chi connectivity index (χ0) is 20.6. The molecule has 2 aliphatic rings. The smallest absolute Gasteiger partial charge is 0.364 e. The highest BCUT2D eigenvalue weighted by Gasteiger charge is 2.43. The number of rotatable bonds is 3. The number of carbonyl (C=O) groups is 1. The molecule has 0 aliphatic carbocycles. The van der Waals surface area contributed by atoms with Crippen LogP contribution in [0.5, 0.6) is 0 Å². The van der Waals surface area contributed by atoms with Crippen molar-refractivity contribution >= 4 is 17.5 Å². The van der Waals surface area contributed by atoms with Crippen molar-refractivity contribution in [2.24, 2.45) is 5.92 Å². The fourth-order valence-corrected chi connectivity index (χ4v) is 4.24. The van der Waals surface area contributed by atoms with Crippen LogP contribution in [-0.2, 0) is 17.4 Å². The maximum atomic E-state index is 13.2. The van der Waals surface area contributed by atoms with Crippen LogP contribution in [-0.4, -0.2) is 48.1 Å². The highest BCUT2D eigenvalue weighted by molar-refractivity contribution is 5.82. The van der Waals surface area contributed by atoms with Crippen LogP contribution in [0.15, 0.2) is 36.7 Å². The molecule has 1 aromatic carbocycles. The van der Waals surface area contributed by atoms with Crippen molar-refractivity contribution in [3.63, 3.8) is 0 Å². The number of fused-ring (bicyclic) bond motifs is 3. The number of piperazine rings is 1. The summed E-state index contributed by atoms with van der Waals surface area (Å²) in [6, 6.07) is 5.42. The van der Waals surface area contributed by atoms with E-state index in [9.17, 15) is 18.0 Å². The Balaban J connectivity index is 1.69. The van der Waals surface area contributed by atoms with Crippen molar-refractivity contribution in [2.75, 3.05) is 36.0 Å². The molecule has 0 radical (unpaired) electrons. The van der Waals surface area contributed by atoms with Gasteiger partial charge in [0, 0.05) is 44.3 Å². The Morgan fingerprint density at radius 2 is 2.00 bits per heavy atom. The van der Waals surface area contributed by atoms with E-state index in [0.29, 0.717) is 37.7 Å². The van der Waals surface area contributed by atoms with Crippen LogP contribution < -0.4 is 15.1 Å². The molecule has 1 aromatic heterocycles. The summed E-state index contributed by atoms with van der Waals surface area (Å²) in [7, 11) is 0. The van der Waals surface area contributed by atoms with Crippen molar-refractivity contribution in [1.29, 1.82) is 0 Å². The fraction of sp³-hybridized carbons (Fsp3) is 0.450. The first-order chi connectivity index (χ1) is 13.9. The first kappa shape index (κ1) is 19.5. The molecule has 2 atom stereocenters. The zero-order valence-electron chi connectivity index (χ0n) is 16.0. The lowest BCUT2D eigenvalue weighted by molar-refractivity contribution is -0.137. The Kier molecular flexibility index (Phi) is 5.06. The number of hydrogen-bond donors (Lipinski definition) is 1. The van der Waals surface area contributed by atoms with Gasteiger partial charge < -0.3 is 15.1 Å². The van der Waals surface area contributed by atoms with Crippen LogP contribution >= 0.6 is 0 Å². The van der Waals surface area contributed by atoms with E-state index in [2.05, 4.69) is 20.2 Å². The average molecular weight is 405 g/mol. The first-order valence-corrected chi connectivity index (χ1v) is 9.65. The molecule has 6 nitrogen and oxygen atoms in total. The van der Waals surface area contributed by atoms with Crippen molar-refractivity contribution < 1.29 is 18.0 Å². The molecule has 0 unspecified atom stereocenters. The second kappa shape index (κ2) is 7.53. The van der Waals surface area contributed by atoms with Crippen molar-refractivity contribution in [3.8, 4) is 0 Å². The quantitative estimate of drug-likeness (QED) is 0.850. The zero-order valence-corrected chi connectivity index (χ0v) is 16.0. The van der Waals surface area contributed by atoms with Gasteiger partial charge in [-0.2, -0.15) is 13.2 Å². The van der Waals surface area contributed by atoms with Crippen LogP contribution in [0, 0.1) is 5.92 Å². The molecule has 29 heavy (non-hydrogen) atoms. The Hall–Kier alpha value is -2.84. The number of alkyl halides is 3. The molecular formula is C20H22F3N5O. The Morgan fingerprint density at radius 1 is 1.24 bits per heavy atom. The topological polar surface area (TPSA) is 61.4 Å². The van der Waals surface area contributed by atoms with E-state index in [-0.39, 0.29) is 18.4 Å². The molecule has 2 aliphatic heterocycles. The molecule has 1 N–H and O–H groups in total. The van der Waals surface area contributed by atoms with Crippen molar-refractivity contribution in [3.05, 3.63) is 47.8 Å². The van der Waals surface area contributed by atoms with E-state index in [1.807, 2.05) is 11.8 Å². The van der Waals surface area contributed by atoms with Crippen LogP contribution in [0.1, 0.15) is 18.1 Å². The van der Waals surface area contributed by atoms with E-state index < -0.39 is 17.7 Å².